The standard InChI is InChI=1S/C25H24F3N5O/c1-2-34-31-24(18-4-6-20(26)21(27)9-18)22-7-3-17(10-29-22)12-32-13-25(14-32)15-33(16-25)19-5-8-23(28)30-11-19/h3-11H,2,12-16H2,1H3. The number of oxime groups is 1. The van der Waals surface area contributed by atoms with Crippen LogP contribution in [0.5, 0.6) is 0 Å². The van der Waals surface area contributed by atoms with E-state index < -0.39 is 17.6 Å². The molecule has 0 N–H and O–H groups in total. The van der Waals surface area contributed by atoms with Crippen LogP contribution >= 0.6 is 0 Å². The summed E-state index contributed by atoms with van der Waals surface area (Å²) in [6.45, 7) is 6.78. The Morgan fingerprint density at radius 2 is 1.79 bits per heavy atom. The first-order valence-electron chi connectivity index (χ1n) is 11.1. The lowest BCUT2D eigenvalue weighted by molar-refractivity contribution is -0.0274. The van der Waals surface area contributed by atoms with Crippen LogP contribution in [0.4, 0.5) is 18.9 Å². The number of likely N-dealkylation sites (tertiary alicyclic amines) is 1. The van der Waals surface area contributed by atoms with Gasteiger partial charge in [0.05, 0.1) is 17.6 Å². The van der Waals surface area contributed by atoms with Crippen LogP contribution in [0.2, 0.25) is 0 Å². The van der Waals surface area contributed by atoms with Crippen molar-refractivity contribution in [3.8, 4) is 0 Å². The van der Waals surface area contributed by atoms with Crippen molar-refractivity contribution in [2.75, 3.05) is 37.7 Å². The third-order valence-electron chi connectivity index (χ3n) is 6.20. The molecule has 2 fully saturated rings. The molecule has 2 aliphatic rings. The molecule has 0 amide bonds. The molecule has 6 nitrogen and oxygen atoms in total. The van der Waals surface area contributed by atoms with Crippen LogP contribution in [0.3, 0.4) is 0 Å². The van der Waals surface area contributed by atoms with Crippen molar-refractivity contribution in [3.63, 3.8) is 0 Å². The van der Waals surface area contributed by atoms with Crippen LogP contribution < -0.4 is 4.90 Å². The fourth-order valence-electron chi connectivity index (χ4n) is 4.65. The SMILES string of the molecule is CCON=C(c1ccc(F)c(F)c1)c1ccc(CN2CC3(C2)CN(c2ccc(F)nc2)C3)cn1. The molecule has 0 aliphatic carbocycles. The molecule has 3 aromatic rings. The zero-order chi connectivity index (χ0) is 23.7. The second-order valence-corrected chi connectivity index (χ2v) is 8.88. The zero-order valence-electron chi connectivity index (χ0n) is 18.7. The number of halogens is 3. The lowest BCUT2D eigenvalue weighted by Crippen LogP contribution is -2.71. The van der Waals surface area contributed by atoms with E-state index >= 15 is 0 Å². The number of hydrogen-bond donors (Lipinski definition) is 0. The van der Waals surface area contributed by atoms with Gasteiger partial charge in [0.2, 0.25) is 5.95 Å². The number of rotatable bonds is 7. The van der Waals surface area contributed by atoms with Crippen LogP contribution in [-0.4, -0.2) is 53.4 Å². The van der Waals surface area contributed by atoms with E-state index in [1.54, 1.807) is 25.4 Å². The fraction of sp³-hybridized carbons (Fsp3) is 0.320. The van der Waals surface area contributed by atoms with Crippen molar-refractivity contribution >= 4 is 11.4 Å². The molecule has 2 saturated heterocycles. The van der Waals surface area contributed by atoms with Gasteiger partial charge in [0.25, 0.3) is 0 Å². The van der Waals surface area contributed by atoms with E-state index in [2.05, 4.69) is 24.9 Å². The second-order valence-electron chi connectivity index (χ2n) is 8.88. The van der Waals surface area contributed by atoms with Gasteiger partial charge in [0.1, 0.15) is 12.3 Å². The molecule has 1 aromatic carbocycles. The highest BCUT2D eigenvalue weighted by molar-refractivity contribution is 6.11. The molecule has 2 aromatic heterocycles. The van der Waals surface area contributed by atoms with E-state index in [0.717, 1.165) is 56.1 Å². The predicted octanol–water partition coefficient (Wildman–Crippen LogP) is 4.01. The molecule has 0 radical (unpaired) electrons. The van der Waals surface area contributed by atoms with E-state index in [1.807, 2.05) is 12.1 Å². The van der Waals surface area contributed by atoms with Crippen molar-refractivity contribution in [1.29, 1.82) is 0 Å². The molecular weight excluding hydrogens is 443 g/mol. The van der Waals surface area contributed by atoms with Gasteiger partial charge in [-0.1, -0.05) is 11.2 Å². The summed E-state index contributed by atoms with van der Waals surface area (Å²) in [5.74, 6) is -2.33. The maximum absolute atomic E-state index is 13.7. The molecule has 1 spiro atoms. The minimum absolute atomic E-state index is 0.283. The summed E-state index contributed by atoms with van der Waals surface area (Å²) in [6, 6.07) is 10.5. The summed E-state index contributed by atoms with van der Waals surface area (Å²) < 4.78 is 40.1. The Labute approximate surface area is 195 Å². The van der Waals surface area contributed by atoms with Crippen LogP contribution in [0, 0.1) is 23.0 Å². The predicted molar refractivity (Wildman–Crippen MR) is 122 cm³/mol. The molecule has 0 bridgehead atoms. The van der Waals surface area contributed by atoms with E-state index in [1.165, 1.54) is 12.1 Å². The maximum atomic E-state index is 13.7. The summed E-state index contributed by atoms with van der Waals surface area (Å²) >= 11 is 0. The topological polar surface area (TPSA) is 53.9 Å². The van der Waals surface area contributed by atoms with Gasteiger partial charge in [0.15, 0.2) is 11.6 Å². The summed E-state index contributed by atoms with van der Waals surface area (Å²) in [5, 5.41) is 4.07. The molecular formula is C25H24F3N5O. The van der Waals surface area contributed by atoms with Crippen molar-refractivity contribution in [2.24, 2.45) is 10.6 Å². The lowest BCUT2D eigenvalue weighted by atomic mass is 9.72. The van der Waals surface area contributed by atoms with Gasteiger partial charge in [-0.05, 0) is 48.9 Å². The van der Waals surface area contributed by atoms with Gasteiger partial charge < -0.3 is 9.74 Å². The number of benzene rings is 1. The van der Waals surface area contributed by atoms with Crippen molar-refractivity contribution in [3.05, 3.63) is 89.3 Å². The van der Waals surface area contributed by atoms with Crippen LogP contribution in [-0.2, 0) is 11.4 Å². The average Bonchev–Trinajstić information content (AvgIpc) is 2.79. The highest BCUT2D eigenvalue weighted by Gasteiger charge is 2.51. The number of hydrogen-bond acceptors (Lipinski definition) is 6. The van der Waals surface area contributed by atoms with Crippen LogP contribution in [0.1, 0.15) is 23.7 Å². The summed E-state index contributed by atoms with van der Waals surface area (Å²) in [5.41, 5.74) is 3.55. The summed E-state index contributed by atoms with van der Waals surface area (Å²) in [4.78, 5) is 18.0. The molecule has 34 heavy (non-hydrogen) atoms. The highest BCUT2D eigenvalue weighted by atomic mass is 19.2. The third kappa shape index (κ3) is 4.48. The first kappa shape index (κ1) is 22.3. The molecule has 5 rings (SSSR count). The molecule has 4 heterocycles. The van der Waals surface area contributed by atoms with E-state index in [0.29, 0.717) is 23.6 Å². The molecule has 176 valence electrons. The lowest BCUT2D eigenvalue weighted by Gasteiger charge is -2.61. The van der Waals surface area contributed by atoms with Gasteiger partial charge >= 0.3 is 0 Å². The quantitative estimate of drug-likeness (QED) is 0.299. The van der Waals surface area contributed by atoms with Gasteiger partial charge in [-0.15, -0.1) is 0 Å². The van der Waals surface area contributed by atoms with Gasteiger partial charge in [-0.25, -0.2) is 13.8 Å². The number of aromatic nitrogens is 2. The molecule has 9 heteroatoms. The number of nitrogens with zero attached hydrogens (tertiary/aromatic N) is 5. The van der Waals surface area contributed by atoms with Crippen LogP contribution in [0.15, 0.2) is 60.0 Å². The normalized spacial score (nSPS) is 17.4. The molecule has 2 aliphatic heterocycles. The Morgan fingerprint density at radius 1 is 0.971 bits per heavy atom. The number of anilines is 1. The maximum Gasteiger partial charge on any atom is 0.212 e. The number of pyridine rings is 2. The average molecular weight is 467 g/mol. The minimum Gasteiger partial charge on any atom is -0.396 e. The van der Waals surface area contributed by atoms with Gasteiger partial charge in [-0.3, -0.25) is 9.88 Å². The first-order chi connectivity index (χ1) is 16.4. The van der Waals surface area contributed by atoms with Crippen LogP contribution in [0.25, 0.3) is 0 Å². The minimum atomic E-state index is -0.949. The van der Waals surface area contributed by atoms with Crippen molar-refractivity contribution < 1.29 is 18.0 Å². The molecule has 0 atom stereocenters. The van der Waals surface area contributed by atoms with Crippen molar-refractivity contribution in [1.82, 2.24) is 14.9 Å². The van der Waals surface area contributed by atoms with E-state index in [4.69, 9.17) is 4.84 Å². The van der Waals surface area contributed by atoms with Gasteiger partial charge in [0, 0.05) is 49.9 Å². The Hall–Kier alpha value is -3.46. The first-order valence-corrected chi connectivity index (χ1v) is 11.1. The molecule has 0 saturated carbocycles. The molecule has 0 unspecified atom stereocenters. The van der Waals surface area contributed by atoms with E-state index in [9.17, 15) is 13.2 Å². The Morgan fingerprint density at radius 3 is 2.44 bits per heavy atom. The highest BCUT2D eigenvalue weighted by Crippen LogP contribution is 2.42. The largest absolute Gasteiger partial charge is 0.396 e. The third-order valence-corrected chi connectivity index (χ3v) is 6.20. The van der Waals surface area contributed by atoms with E-state index in [-0.39, 0.29) is 5.41 Å². The zero-order valence-corrected chi connectivity index (χ0v) is 18.7. The Bertz CT molecular complexity index is 1190. The Kier molecular flexibility index (Phi) is 5.95. The smallest absolute Gasteiger partial charge is 0.212 e. The van der Waals surface area contributed by atoms with Crippen molar-refractivity contribution in [2.45, 2.75) is 13.5 Å². The summed E-state index contributed by atoms with van der Waals surface area (Å²) in [7, 11) is 0. The monoisotopic (exact) mass is 467 g/mol. The summed E-state index contributed by atoms with van der Waals surface area (Å²) in [6.07, 6.45) is 3.36. The second kappa shape index (κ2) is 9.06. The Balaban J connectivity index is 1.19. The van der Waals surface area contributed by atoms with Gasteiger partial charge in [-0.2, -0.15) is 4.39 Å². The fourth-order valence-corrected chi connectivity index (χ4v) is 4.65.